The smallest absolute Gasteiger partial charge is 0.227 e. The van der Waals surface area contributed by atoms with Gasteiger partial charge in [-0.05, 0) is 80.1 Å². The van der Waals surface area contributed by atoms with Crippen molar-refractivity contribution in [3.8, 4) is 11.3 Å². The molecule has 0 bridgehead atoms. The van der Waals surface area contributed by atoms with Crippen LogP contribution in [0.25, 0.3) is 44.2 Å². The molecule has 1 saturated carbocycles. The number of fused-ring (bicyclic) bond motifs is 4. The predicted molar refractivity (Wildman–Crippen MR) is 123 cm³/mol. The van der Waals surface area contributed by atoms with Crippen molar-refractivity contribution in [2.75, 3.05) is 0 Å². The molecule has 3 heteroatoms. The Bertz CT molecular complexity index is 1420. The van der Waals surface area contributed by atoms with Gasteiger partial charge in [-0.1, -0.05) is 31.0 Å². The first-order valence-electron chi connectivity index (χ1n) is 10.9. The third kappa shape index (κ3) is 2.72. The lowest BCUT2D eigenvalue weighted by Gasteiger charge is -2.13. The third-order valence-electron chi connectivity index (χ3n) is 6.56. The van der Waals surface area contributed by atoms with E-state index in [1.165, 1.54) is 42.2 Å². The molecule has 0 unspecified atom stereocenters. The van der Waals surface area contributed by atoms with Gasteiger partial charge < -0.3 is 4.42 Å². The molecule has 1 fully saturated rings. The summed E-state index contributed by atoms with van der Waals surface area (Å²) in [5.41, 5.74) is 8.24. The predicted octanol–water partition coefficient (Wildman–Crippen LogP) is 7.47. The zero-order chi connectivity index (χ0) is 20.2. The van der Waals surface area contributed by atoms with Crippen LogP contribution in [0.15, 0.2) is 59.0 Å². The third-order valence-corrected chi connectivity index (χ3v) is 6.56. The van der Waals surface area contributed by atoms with Gasteiger partial charge in [0.25, 0.3) is 0 Å². The molecular formula is C27H24N2O. The van der Waals surface area contributed by atoms with E-state index in [0.29, 0.717) is 11.6 Å². The average molecular weight is 393 g/mol. The minimum absolute atomic E-state index is 0.678. The number of aromatic nitrogens is 2. The molecule has 3 aromatic heterocycles. The standard InChI is InChI=1S/C27H24N2O/c1-16-14-22-21-11-10-17(2)28-27(21)30-26(22)23(15-16)25-13-12-20-19(18-6-3-4-7-18)8-5-9-24(20)29-25/h5,8-15,18H,3-4,6-7H2,1-2H3. The Morgan fingerprint density at radius 2 is 1.67 bits per heavy atom. The minimum Gasteiger partial charge on any atom is -0.437 e. The van der Waals surface area contributed by atoms with Gasteiger partial charge in [0.2, 0.25) is 5.71 Å². The lowest BCUT2D eigenvalue weighted by Crippen LogP contribution is -1.95. The maximum Gasteiger partial charge on any atom is 0.227 e. The summed E-state index contributed by atoms with van der Waals surface area (Å²) in [5.74, 6) is 0.678. The molecule has 0 saturated heterocycles. The molecule has 30 heavy (non-hydrogen) atoms. The van der Waals surface area contributed by atoms with E-state index in [-0.39, 0.29) is 0 Å². The molecule has 5 aromatic rings. The number of rotatable bonds is 2. The summed E-state index contributed by atoms with van der Waals surface area (Å²) in [6.07, 6.45) is 5.27. The van der Waals surface area contributed by atoms with Crippen LogP contribution >= 0.6 is 0 Å². The molecule has 0 N–H and O–H groups in total. The first-order valence-corrected chi connectivity index (χ1v) is 10.9. The second-order valence-corrected chi connectivity index (χ2v) is 8.69. The number of furan rings is 1. The van der Waals surface area contributed by atoms with E-state index >= 15 is 0 Å². The van der Waals surface area contributed by atoms with Gasteiger partial charge in [-0.15, -0.1) is 0 Å². The van der Waals surface area contributed by atoms with Crippen LogP contribution in [0.4, 0.5) is 0 Å². The Labute approximate surface area is 175 Å². The quantitative estimate of drug-likeness (QED) is 0.313. The highest BCUT2D eigenvalue weighted by Gasteiger charge is 2.20. The number of hydrogen-bond donors (Lipinski definition) is 0. The van der Waals surface area contributed by atoms with Crippen molar-refractivity contribution in [3.63, 3.8) is 0 Å². The summed E-state index contributed by atoms with van der Waals surface area (Å²) in [6, 6.07) is 19.5. The second kappa shape index (κ2) is 6.66. The fraction of sp³-hybridized carbons (Fsp3) is 0.259. The molecule has 0 spiro atoms. The molecule has 2 aromatic carbocycles. The molecule has 6 rings (SSSR count). The first-order chi connectivity index (χ1) is 14.7. The number of hydrogen-bond acceptors (Lipinski definition) is 3. The van der Waals surface area contributed by atoms with Gasteiger partial charge in [0.1, 0.15) is 5.58 Å². The van der Waals surface area contributed by atoms with Gasteiger partial charge in [-0.2, -0.15) is 0 Å². The number of benzene rings is 2. The lowest BCUT2D eigenvalue weighted by atomic mass is 9.93. The van der Waals surface area contributed by atoms with Gasteiger partial charge in [-0.3, -0.25) is 0 Å². The molecule has 148 valence electrons. The molecule has 0 aliphatic heterocycles. The van der Waals surface area contributed by atoms with Crippen molar-refractivity contribution < 1.29 is 4.42 Å². The van der Waals surface area contributed by atoms with Gasteiger partial charge in [-0.25, -0.2) is 9.97 Å². The van der Waals surface area contributed by atoms with E-state index in [9.17, 15) is 0 Å². The topological polar surface area (TPSA) is 38.9 Å². The second-order valence-electron chi connectivity index (χ2n) is 8.69. The molecular weight excluding hydrogens is 368 g/mol. The summed E-state index contributed by atoms with van der Waals surface area (Å²) < 4.78 is 6.24. The zero-order valence-electron chi connectivity index (χ0n) is 17.4. The Hall–Kier alpha value is -3.20. The highest BCUT2D eigenvalue weighted by molar-refractivity contribution is 6.09. The van der Waals surface area contributed by atoms with Crippen LogP contribution in [-0.2, 0) is 0 Å². The molecule has 0 atom stereocenters. The van der Waals surface area contributed by atoms with E-state index in [1.807, 2.05) is 13.0 Å². The fourth-order valence-electron chi connectivity index (χ4n) is 5.11. The SMILES string of the molecule is Cc1cc(-c2ccc3c(C4CCCC4)cccc3n2)c2oc3nc(C)ccc3c2c1. The Morgan fingerprint density at radius 3 is 2.53 bits per heavy atom. The molecule has 1 aliphatic carbocycles. The molecule has 3 nitrogen and oxygen atoms in total. The van der Waals surface area contributed by atoms with Crippen molar-refractivity contribution >= 4 is 33.0 Å². The summed E-state index contributed by atoms with van der Waals surface area (Å²) in [4.78, 5) is 9.67. The van der Waals surface area contributed by atoms with Crippen molar-refractivity contribution in [2.45, 2.75) is 45.4 Å². The maximum atomic E-state index is 6.24. The highest BCUT2D eigenvalue weighted by atomic mass is 16.3. The van der Waals surface area contributed by atoms with Crippen molar-refractivity contribution in [3.05, 3.63) is 71.4 Å². The van der Waals surface area contributed by atoms with Crippen LogP contribution in [0.3, 0.4) is 0 Å². The minimum atomic E-state index is 0.678. The highest BCUT2D eigenvalue weighted by Crippen LogP contribution is 2.39. The van der Waals surface area contributed by atoms with Gasteiger partial charge in [0.05, 0.1) is 11.2 Å². The van der Waals surface area contributed by atoms with Crippen LogP contribution in [-0.4, -0.2) is 9.97 Å². The van der Waals surface area contributed by atoms with Crippen molar-refractivity contribution in [2.24, 2.45) is 0 Å². The summed E-state index contributed by atoms with van der Waals surface area (Å²) >= 11 is 0. The molecule has 1 aliphatic rings. The fourth-order valence-corrected chi connectivity index (χ4v) is 5.11. The summed E-state index contributed by atoms with van der Waals surface area (Å²) in [5, 5.41) is 3.46. The first kappa shape index (κ1) is 17.6. The van der Waals surface area contributed by atoms with Gasteiger partial charge in [0.15, 0.2) is 0 Å². The molecule has 0 amide bonds. The number of pyridine rings is 2. The monoisotopic (exact) mass is 392 g/mol. The number of aryl methyl sites for hydroxylation is 2. The van der Waals surface area contributed by atoms with Gasteiger partial charge in [0, 0.05) is 27.4 Å². The van der Waals surface area contributed by atoms with E-state index in [2.05, 4.69) is 60.4 Å². The molecule has 0 radical (unpaired) electrons. The Kier molecular flexibility index (Phi) is 3.92. The zero-order valence-corrected chi connectivity index (χ0v) is 17.4. The van der Waals surface area contributed by atoms with Crippen LogP contribution in [0, 0.1) is 13.8 Å². The largest absolute Gasteiger partial charge is 0.437 e. The van der Waals surface area contributed by atoms with Crippen LogP contribution in [0.1, 0.15) is 48.4 Å². The maximum absolute atomic E-state index is 6.24. The van der Waals surface area contributed by atoms with Crippen LogP contribution < -0.4 is 0 Å². The average Bonchev–Trinajstić information content (AvgIpc) is 3.40. The van der Waals surface area contributed by atoms with Crippen molar-refractivity contribution in [1.29, 1.82) is 0 Å². The van der Waals surface area contributed by atoms with E-state index < -0.39 is 0 Å². The number of nitrogens with zero attached hydrogens (tertiary/aromatic N) is 2. The van der Waals surface area contributed by atoms with E-state index in [1.54, 1.807) is 0 Å². The Morgan fingerprint density at radius 1 is 0.833 bits per heavy atom. The van der Waals surface area contributed by atoms with Crippen molar-refractivity contribution in [1.82, 2.24) is 9.97 Å². The normalized spacial score (nSPS) is 15.0. The summed E-state index contributed by atoms with van der Waals surface area (Å²) in [7, 11) is 0. The summed E-state index contributed by atoms with van der Waals surface area (Å²) in [6.45, 7) is 4.12. The van der Waals surface area contributed by atoms with E-state index in [4.69, 9.17) is 9.40 Å². The molecule has 3 heterocycles. The van der Waals surface area contributed by atoms with Gasteiger partial charge >= 0.3 is 0 Å². The Balaban J connectivity index is 1.57. The van der Waals surface area contributed by atoms with Crippen LogP contribution in [0.5, 0.6) is 0 Å². The van der Waals surface area contributed by atoms with Crippen LogP contribution in [0.2, 0.25) is 0 Å². The lowest BCUT2D eigenvalue weighted by molar-refractivity contribution is 0.653. The van der Waals surface area contributed by atoms with E-state index in [0.717, 1.165) is 38.8 Å².